The molecule has 6 nitrogen and oxygen atoms in total. The molecule has 0 unspecified atom stereocenters. The van der Waals surface area contributed by atoms with Crippen molar-refractivity contribution in [3.05, 3.63) is 16.1 Å². The first kappa shape index (κ1) is 19.2. The van der Waals surface area contributed by atoms with Crippen LogP contribution in [0.3, 0.4) is 0 Å². The van der Waals surface area contributed by atoms with Gasteiger partial charge in [-0.05, 0) is 13.8 Å². The molecule has 1 aromatic heterocycles. The SMILES string of the molecule is CN=C(NCc1nc(C(F)(F)F)cs1)NCC(C)(C)C(=O)NC. The van der Waals surface area contributed by atoms with Crippen molar-refractivity contribution < 1.29 is 18.0 Å². The highest BCUT2D eigenvalue weighted by Crippen LogP contribution is 2.29. The van der Waals surface area contributed by atoms with Gasteiger partial charge in [0.15, 0.2) is 11.7 Å². The molecule has 0 aromatic carbocycles. The number of hydrogen-bond acceptors (Lipinski definition) is 4. The van der Waals surface area contributed by atoms with Gasteiger partial charge in [-0.25, -0.2) is 4.98 Å². The molecule has 1 heterocycles. The van der Waals surface area contributed by atoms with E-state index >= 15 is 0 Å². The average Bonchev–Trinajstić information content (AvgIpc) is 2.95. The second-order valence-corrected chi connectivity index (χ2v) is 6.31. The van der Waals surface area contributed by atoms with E-state index in [1.807, 2.05) is 0 Å². The van der Waals surface area contributed by atoms with Crippen LogP contribution in [-0.2, 0) is 17.5 Å². The van der Waals surface area contributed by atoms with Crippen LogP contribution in [0.1, 0.15) is 24.5 Å². The monoisotopic (exact) mass is 351 g/mol. The van der Waals surface area contributed by atoms with E-state index in [1.165, 1.54) is 7.05 Å². The molecule has 0 fully saturated rings. The van der Waals surface area contributed by atoms with Gasteiger partial charge in [0.25, 0.3) is 0 Å². The number of aromatic nitrogens is 1. The van der Waals surface area contributed by atoms with Gasteiger partial charge < -0.3 is 16.0 Å². The van der Waals surface area contributed by atoms with E-state index < -0.39 is 17.3 Å². The Morgan fingerprint density at radius 1 is 1.35 bits per heavy atom. The number of amides is 1. The highest BCUT2D eigenvalue weighted by atomic mass is 32.1. The summed E-state index contributed by atoms with van der Waals surface area (Å²) >= 11 is 0.921. The molecular formula is C13H20F3N5OS. The summed E-state index contributed by atoms with van der Waals surface area (Å²) in [5, 5.41) is 9.67. The normalized spacial score (nSPS) is 12.9. The molecule has 1 amide bonds. The zero-order valence-electron chi connectivity index (χ0n) is 13.3. The van der Waals surface area contributed by atoms with Gasteiger partial charge in [-0.2, -0.15) is 13.2 Å². The molecule has 1 aromatic rings. The van der Waals surface area contributed by atoms with Gasteiger partial charge >= 0.3 is 6.18 Å². The van der Waals surface area contributed by atoms with Gasteiger partial charge in [0.05, 0.1) is 12.0 Å². The third-order valence-electron chi connectivity index (χ3n) is 3.01. The minimum absolute atomic E-state index is 0.112. The Morgan fingerprint density at radius 2 is 2.00 bits per heavy atom. The van der Waals surface area contributed by atoms with Gasteiger partial charge in [0, 0.05) is 26.0 Å². The van der Waals surface area contributed by atoms with Gasteiger partial charge in [0.2, 0.25) is 5.91 Å². The Morgan fingerprint density at radius 3 is 2.48 bits per heavy atom. The fourth-order valence-corrected chi connectivity index (χ4v) is 2.37. The number of nitrogens with one attached hydrogen (secondary N) is 3. The van der Waals surface area contributed by atoms with Crippen molar-refractivity contribution in [1.82, 2.24) is 20.9 Å². The molecule has 0 atom stereocenters. The van der Waals surface area contributed by atoms with E-state index in [9.17, 15) is 18.0 Å². The van der Waals surface area contributed by atoms with Crippen LogP contribution in [0.4, 0.5) is 13.2 Å². The molecule has 0 saturated heterocycles. The molecule has 0 spiro atoms. The summed E-state index contributed by atoms with van der Waals surface area (Å²) in [6.07, 6.45) is -4.44. The maximum absolute atomic E-state index is 12.5. The lowest BCUT2D eigenvalue weighted by atomic mass is 9.92. The Balaban J connectivity index is 2.55. The Hall–Kier alpha value is -1.84. The van der Waals surface area contributed by atoms with E-state index in [-0.39, 0.29) is 12.5 Å². The summed E-state index contributed by atoms with van der Waals surface area (Å²) in [5.74, 6) is 0.251. The van der Waals surface area contributed by atoms with Gasteiger partial charge in [0.1, 0.15) is 5.01 Å². The van der Waals surface area contributed by atoms with Crippen LogP contribution in [0.5, 0.6) is 0 Å². The number of carbonyl (C=O) groups is 1. The molecule has 0 saturated carbocycles. The maximum Gasteiger partial charge on any atom is 0.434 e. The van der Waals surface area contributed by atoms with Crippen LogP contribution < -0.4 is 16.0 Å². The molecule has 0 bridgehead atoms. The molecule has 0 aliphatic rings. The second-order valence-electron chi connectivity index (χ2n) is 5.37. The molecule has 10 heteroatoms. The van der Waals surface area contributed by atoms with Crippen molar-refractivity contribution in [2.45, 2.75) is 26.6 Å². The van der Waals surface area contributed by atoms with Crippen LogP contribution in [0, 0.1) is 5.41 Å². The van der Waals surface area contributed by atoms with Crippen molar-refractivity contribution in [3.63, 3.8) is 0 Å². The summed E-state index contributed by atoms with van der Waals surface area (Å²) < 4.78 is 37.4. The van der Waals surface area contributed by atoms with E-state index in [4.69, 9.17) is 0 Å². The lowest BCUT2D eigenvalue weighted by Crippen LogP contribution is -2.47. The predicted octanol–water partition coefficient (Wildman–Crippen LogP) is 1.60. The number of thiazole rings is 1. The number of guanidine groups is 1. The van der Waals surface area contributed by atoms with Crippen LogP contribution in [0.15, 0.2) is 10.4 Å². The van der Waals surface area contributed by atoms with Crippen molar-refractivity contribution >= 4 is 23.2 Å². The summed E-state index contributed by atoms with van der Waals surface area (Å²) in [6, 6.07) is 0. The van der Waals surface area contributed by atoms with Crippen molar-refractivity contribution in [3.8, 4) is 0 Å². The Labute approximate surface area is 136 Å². The van der Waals surface area contributed by atoms with E-state index in [1.54, 1.807) is 20.9 Å². The van der Waals surface area contributed by atoms with Gasteiger partial charge in [-0.1, -0.05) is 0 Å². The number of alkyl halides is 3. The third-order valence-corrected chi connectivity index (χ3v) is 3.86. The number of nitrogens with zero attached hydrogens (tertiary/aromatic N) is 2. The topological polar surface area (TPSA) is 78.4 Å². The first-order valence-corrected chi connectivity index (χ1v) is 7.66. The summed E-state index contributed by atoms with van der Waals surface area (Å²) in [6.45, 7) is 3.96. The van der Waals surface area contributed by atoms with Crippen molar-refractivity contribution in [1.29, 1.82) is 0 Å². The van der Waals surface area contributed by atoms with Gasteiger partial charge in [-0.15, -0.1) is 11.3 Å². The largest absolute Gasteiger partial charge is 0.434 e. The third kappa shape index (κ3) is 5.70. The summed E-state index contributed by atoms with van der Waals surface area (Å²) in [7, 11) is 3.09. The van der Waals surface area contributed by atoms with E-state index in [0.29, 0.717) is 17.5 Å². The molecule has 0 aliphatic heterocycles. The highest BCUT2D eigenvalue weighted by Gasteiger charge is 2.33. The molecule has 0 radical (unpaired) electrons. The first-order chi connectivity index (χ1) is 10.6. The zero-order valence-corrected chi connectivity index (χ0v) is 14.2. The first-order valence-electron chi connectivity index (χ1n) is 6.78. The number of halogens is 3. The number of carbonyl (C=O) groups excluding carboxylic acids is 1. The molecule has 3 N–H and O–H groups in total. The smallest absolute Gasteiger partial charge is 0.359 e. The average molecular weight is 351 g/mol. The summed E-state index contributed by atoms with van der Waals surface area (Å²) in [5.41, 5.74) is -1.56. The molecule has 1 rings (SSSR count). The summed E-state index contributed by atoms with van der Waals surface area (Å²) in [4.78, 5) is 19.2. The van der Waals surface area contributed by atoms with Crippen molar-refractivity contribution in [2.75, 3.05) is 20.6 Å². The van der Waals surface area contributed by atoms with Crippen LogP contribution in [0.25, 0.3) is 0 Å². The second kappa shape index (κ2) is 7.62. The zero-order chi connectivity index (χ0) is 17.7. The van der Waals surface area contributed by atoms with Crippen LogP contribution in [-0.4, -0.2) is 37.5 Å². The van der Waals surface area contributed by atoms with E-state index in [0.717, 1.165) is 16.7 Å². The van der Waals surface area contributed by atoms with Gasteiger partial charge in [-0.3, -0.25) is 9.79 Å². The lowest BCUT2D eigenvalue weighted by Gasteiger charge is -2.24. The minimum Gasteiger partial charge on any atom is -0.359 e. The Kier molecular flexibility index (Phi) is 6.37. The minimum atomic E-state index is -4.44. The fraction of sp³-hybridized carbons (Fsp3) is 0.615. The standard InChI is InChI=1S/C13H20F3N5OS/c1-12(2,10(22)17-3)7-20-11(18-4)19-5-9-21-8(6-23-9)13(14,15)16/h6H,5,7H2,1-4H3,(H,17,22)(H2,18,19,20). The predicted molar refractivity (Wildman–Crippen MR) is 83.2 cm³/mol. The molecule has 23 heavy (non-hydrogen) atoms. The highest BCUT2D eigenvalue weighted by molar-refractivity contribution is 7.09. The van der Waals surface area contributed by atoms with Crippen molar-refractivity contribution in [2.24, 2.45) is 10.4 Å². The molecule has 0 aliphatic carbocycles. The number of rotatable bonds is 5. The lowest BCUT2D eigenvalue weighted by molar-refractivity contribution is -0.140. The fourth-order valence-electron chi connectivity index (χ4n) is 1.63. The number of aliphatic imine (C=N–C) groups is 1. The quantitative estimate of drug-likeness (QED) is 0.556. The van der Waals surface area contributed by atoms with Crippen LogP contribution >= 0.6 is 11.3 Å². The Bertz CT molecular complexity index is 568. The maximum atomic E-state index is 12.5. The van der Waals surface area contributed by atoms with Crippen LogP contribution in [0.2, 0.25) is 0 Å². The number of hydrogen-bond donors (Lipinski definition) is 3. The molecular weight excluding hydrogens is 331 g/mol. The molecule has 130 valence electrons. The van der Waals surface area contributed by atoms with E-state index in [2.05, 4.69) is 25.9 Å².